The molecule has 5 heteroatoms. The van der Waals surface area contributed by atoms with Crippen molar-refractivity contribution < 1.29 is 9.26 Å². The molecule has 0 saturated carbocycles. The van der Waals surface area contributed by atoms with Gasteiger partial charge in [0.1, 0.15) is 6.61 Å². The van der Waals surface area contributed by atoms with Crippen molar-refractivity contribution in [2.75, 3.05) is 20.2 Å². The predicted molar refractivity (Wildman–Crippen MR) is 64.2 cm³/mol. The van der Waals surface area contributed by atoms with Gasteiger partial charge in [0, 0.05) is 38.9 Å². The second-order valence-corrected chi connectivity index (χ2v) is 4.88. The van der Waals surface area contributed by atoms with Gasteiger partial charge < -0.3 is 15.0 Å². The molecular weight excluding hydrogens is 218 g/mol. The number of ether oxygens (including phenoxy) is 1. The summed E-state index contributed by atoms with van der Waals surface area (Å²) in [6.45, 7) is 5.60. The van der Waals surface area contributed by atoms with E-state index in [1.54, 1.807) is 7.11 Å². The maximum atomic E-state index is 6.00. The van der Waals surface area contributed by atoms with E-state index >= 15 is 0 Å². The fraction of sp³-hybridized carbons (Fsp3) is 0.750. The van der Waals surface area contributed by atoms with Crippen LogP contribution in [0.1, 0.15) is 24.8 Å². The van der Waals surface area contributed by atoms with Crippen molar-refractivity contribution in [2.45, 2.75) is 32.5 Å². The van der Waals surface area contributed by atoms with Gasteiger partial charge in [-0.25, -0.2) is 0 Å². The number of piperidine rings is 1. The van der Waals surface area contributed by atoms with Gasteiger partial charge in [-0.1, -0.05) is 12.1 Å². The summed E-state index contributed by atoms with van der Waals surface area (Å²) in [7, 11) is 1.65. The lowest BCUT2D eigenvalue weighted by Crippen LogP contribution is -2.45. The minimum absolute atomic E-state index is 0.340. The lowest BCUT2D eigenvalue weighted by Gasteiger charge is -2.34. The van der Waals surface area contributed by atoms with E-state index in [-0.39, 0.29) is 0 Å². The Labute approximate surface area is 102 Å². The SMILES string of the molecule is COCc1cc(CN2CCC(N)C(C)C2)no1. The Hall–Kier alpha value is -0.910. The molecule has 1 aromatic rings. The molecule has 1 saturated heterocycles. The number of nitrogens with two attached hydrogens (primary N) is 1. The Balaban J connectivity index is 1.87. The molecule has 96 valence electrons. The van der Waals surface area contributed by atoms with E-state index < -0.39 is 0 Å². The summed E-state index contributed by atoms with van der Waals surface area (Å²) in [5.74, 6) is 1.33. The molecule has 1 aromatic heterocycles. The predicted octanol–water partition coefficient (Wildman–Crippen LogP) is 0.990. The lowest BCUT2D eigenvalue weighted by atomic mass is 9.95. The van der Waals surface area contributed by atoms with Gasteiger partial charge in [0.2, 0.25) is 0 Å². The van der Waals surface area contributed by atoms with Crippen LogP contribution in [-0.4, -0.2) is 36.3 Å². The number of methoxy groups -OCH3 is 1. The molecule has 0 aliphatic carbocycles. The highest BCUT2D eigenvalue weighted by molar-refractivity contribution is 5.04. The number of aromatic nitrogens is 1. The third-order valence-corrected chi connectivity index (χ3v) is 3.34. The Morgan fingerprint density at radius 2 is 2.47 bits per heavy atom. The topological polar surface area (TPSA) is 64.5 Å². The Morgan fingerprint density at radius 3 is 3.18 bits per heavy atom. The van der Waals surface area contributed by atoms with Gasteiger partial charge >= 0.3 is 0 Å². The first kappa shape index (κ1) is 12.5. The molecule has 1 aliphatic heterocycles. The summed E-state index contributed by atoms with van der Waals surface area (Å²) in [4.78, 5) is 2.38. The summed E-state index contributed by atoms with van der Waals surface area (Å²) in [5, 5.41) is 4.05. The second kappa shape index (κ2) is 5.62. The Morgan fingerprint density at radius 1 is 1.65 bits per heavy atom. The molecule has 1 aliphatic rings. The largest absolute Gasteiger partial charge is 0.377 e. The van der Waals surface area contributed by atoms with Crippen LogP contribution < -0.4 is 5.73 Å². The normalized spacial score (nSPS) is 26.3. The fourth-order valence-electron chi connectivity index (χ4n) is 2.26. The standard InChI is InChI=1S/C12H21N3O2/c1-9-6-15(4-3-12(9)13)7-10-5-11(8-16-2)17-14-10/h5,9,12H,3-4,6-8,13H2,1-2H3. The molecule has 2 atom stereocenters. The highest BCUT2D eigenvalue weighted by Gasteiger charge is 2.23. The van der Waals surface area contributed by atoms with E-state index in [1.165, 1.54) is 0 Å². The smallest absolute Gasteiger partial charge is 0.162 e. The van der Waals surface area contributed by atoms with Crippen molar-refractivity contribution >= 4 is 0 Å². The molecule has 2 unspecified atom stereocenters. The quantitative estimate of drug-likeness (QED) is 0.849. The molecule has 2 N–H and O–H groups in total. The molecule has 17 heavy (non-hydrogen) atoms. The minimum atomic E-state index is 0.340. The van der Waals surface area contributed by atoms with E-state index in [2.05, 4.69) is 17.0 Å². The number of rotatable bonds is 4. The maximum Gasteiger partial charge on any atom is 0.162 e. The van der Waals surface area contributed by atoms with Gasteiger partial charge in [-0.3, -0.25) is 4.90 Å². The molecule has 5 nitrogen and oxygen atoms in total. The number of nitrogens with zero attached hydrogens (tertiary/aromatic N) is 2. The van der Waals surface area contributed by atoms with E-state index in [4.69, 9.17) is 15.0 Å². The number of hydrogen-bond acceptors (Lipinski definition) is 5. The summed E-state index contributed by atoms with van der Waals surface area (Å²) in [6.07, 6.45) is 1.06. The Bertz CT molecular complexity index is 353. The van der Waals surface area contributed by atoms with Crippen LogP contribution in [0.2, 0.25) is 0 Å². The van der Waals surface area contributed by atoms with Crippen molar-refractivity contribution in [3.63, 3.8) is 0 Å². The highest BCUT2D eigenvalue weighted by atomic mass is 16.5. The van der Waals surface area contributed by atoms with E-state index in [0.29, 0.717) is 18.6 Å². The summed E-state index contributed by atoms with van der Waals surface area (Å²) in [6, 6.07) is 2.30. The molecule has 0 amide bonds. The van der Waals surface area contributed by atoms with Crippen molar-refractivity contribution in [1.82, 2.24) is 10.1 Å². The average molecular weight is 239 g/mol. The molecule has 0 aromatic carbocycles. The molecule has 2 rings (SSSR count). The van der Waals surface area contributed by atoms with Crippen LogP contribution in [-0.2, 0) is 17.9 Å². The first-order valence-corrected chi connectivity index (χ1v) is 6.10. The Kier molecular flexibility index (Phi) is 4.15. The van der Waals surface area contributed by atoms with Gasteiger partial charge in [0.25, 0.3) is 0 Å². The average Bonchev–Trinajstić information content (AvgIpc) is 2.72. The zero-order chi connectivity index (χ0) is 12.3. The zero-order valence-electron chi connectivity index (χ0n) is 10.6. The monoisotopic (exact) mass is 239 g/mol. The van der Waals surface area contributed by atoms with Crippen LogP contribution >= 0.6 is 0 Å². The van der Waals surface area contributed by atoms with E-state index in [9.17, 15) is 0 Å². The van der Waals surface area contributed by atoms with Crippen LogP contribution in [0, 0.1) is 5.92 Å². The van der Waals surface area contributed by atoms with Crippen molar-refractivity contribution in [3.05, 3.63) is 17.5 Å². The van der Waals surface area contributed by atoms with Crippen molar-refractivity contribution in [2.24, 2.45) is 11.7 Å². The minimum Gasteiger partial charge on any atom is -0.377 e. The van der Waals surface area contributed by atoms with Gasteiger partial charge in [0.15, 0.2) is 5.76 Å². The second-order valence-electron chi connectivity index (χ2n) is 4.88. The summed E-state index contributed by atoms with van der Waals surface area (Å²) in [5.41, 5.74) is 6.97. The van der Waals surface area contributed by atoms with Crippen molar-refractivity contribution in [3.8, 4) is 0 Å². The van der Waals surface area contributed by atoms with Crippen LogP contribution in [0.4, 0.5) is 0 Å². The number of hydrogen-bond donors (Lipinski definition) is 1. The molecule has 0 spiro atoms. The number of likely N-dealkylation sites (tertiary alicyclic amines) is 1. The van der Waals surface area contributed by atoms with Crippen LogP contribution in [0.25, 0.3) is 0 Å². The molecule has 1 fully saturated rings. The van der Waals surface area contributed by atoms with Gasteiger partial charge in [0.05, 0.1) is 5.69 Å². The van der Waals surface area contributed by atoms with Gasteiger partial charge in [-0.15, -0.1) is 0 Å². The summed E-state index contributed by atoms with van der Waals surface area (Å²) < 4.78 is 10.2. The maximum absolute atomic E-state index is 6.00. The fourth-order valence-corrected chi connectivity index (χ4v) is 2.26. The molecule has 0 bridgehead atoms. The molecular formula is C12H21N3O2. The third-order valence-electron chi connectivity index (χ3n) is 3.34. The van der Waals surface area contributed by atoms with E-state index in [1.807, 2.05) is 6.07 Å². The first-order valence-electron chi connectivity index (χ1n) is 6.10. The molecule has 0 radical (unpaired) electrons. The zero-order valence-corrected chi connectivity index (χ0v) is 10.6. The highest BCUT2D eigenvalue weighted by Crippen LogP contribution is 2.17. The van der Waals surface area contributed by atoms with E-state index in [0.717, 1.165) is 37.5 Å². The summed E-state index contributed by atoms with van der Waals surface area (Å²) >= 11 is 0. The van der Waals surface area contributed by atoms with Gasteiger partial charge in [-0.2, -0.15) is 0 Å². The third kappa shape index (κ3) is 3.28. The van der Waals surface area contributed by atoms with Crippen LogP contribution in [0.3, 0.4) is 0 Å². The lowest BCUT2D eigenvalue weighted by molar-refractivity contribution is 0.150. The van der Waals surface area contributed by atoms with Crippen LogP contribution in [0.15, 0.2) is 10.6 Å². The van der Waals surface area contributed by atoms with Crippen molar-refractivity contribution in [1.29, 1.82) is 0 Å². The van der Waals surface area contributed by atoms with Crippen LogP contribution in [0.5, 0.6) is 0 Å². The molecule has 2 heterocycles. The van der Waals surface area contributed by atoms with Gasteiger partial charge in [-0.05, 0) is 12.3 Å². The first-order chi connectivity index (χ1) is 8.19.